The summed E-state index contributed by atoms with van der Waals surface area (Å²) in [5.74, 6) is 5.60. The lowest BCUT2D eigenvalue weighted by Crippen LogP contribution is -2.50. The first-order valence-electron chi connectivity index (χ1n) is 6.94. The highest BCUT2D eigenvalue weighted by Gasteiger charge is 2.28. The second-order valence-corrected chi connectivity index (χ2v) is 5.56. The van der Waals surface area contributed by atoms with Crippen molar-refractivity contribution in [1.82, 2.24) is 4.90 Å². The van der Waals surface area contributed by atoms with Gasteiger partial charge in [-0.3, -0.25) is 4.79 Å². The van der Waals surface area contributed by atoms with Crippen LogP contribution >= 0.6 is 11.6 Å². The number of nitrogens with zero attached hydrogens (tertiary/aromatic N) is 1. The molecule has 112 valence electrons. The Morgan fingerprint density at radius 1 is 1.52 bits per heavy atom. The predicted octanol–water partition coefficient (Wildman–Crippen LogP) is 1.90. The maximum Gasteiger partial charge on any atom is 0.254 e. The van der Waals surface area contributed by atoms with E-state index in [1.165, 1.54) is 0 Å². The summed E-state index contributed by atoms with van der Waals surface area (Å²) in [6, 6.07) is 5.23. The van der Waals surface area contributed by atoms with E-state index < -0.39 is 0 Å². The van der Waals surface area contributed by atoms with Gasteiger partial charge in [-0.2, -0.15) is 0 Å². The summed E-state index contributed by atoms with van der Waals surface area (Å²) in [5, 5.41) is 0.468. The van der Waals surface area contributed by atoms with Gasteiger partial charge >= 0.3 is 0 Å². The molecule has 0 spiro atoms. The summed E-state index contributed by atoms with van der Waals surface area (Å²) in [4.78, 5) is 14.4. The molecule has 1 aromatic rings. The van der Waals surface area contributed by atoms with Crippen molar-refractivity contribution in [3.8, 4) is 11.8 Å². The predicted molar refractivity (Wildman–Crippen MR) is 83.3 cm³/mol. The summed E-state index contributed by atoms with van der Waals surface area (Å²) in [6.07, 6.45) is 0.0512. The number of carbonyl (C=O) groups is 1. The number of ether oxygens (including phenoxy) is 1. The van der Waals surface area contributed by atoms with Crippen LogP contribution in [0.4, 0.5) is 0 Å². The number of rotatable bonds is 1. The number of halogens is 1. The minimum atomic E-state index is -0.0297. The summed E-state index contributed by atoms with van der Waals surface area (Å²) in [7, 11) is 0. The van der Waals surface area contributed by atoms with Crippen LogP contribution in [0.25, 0.3) is 0 Å². The number of hydrogen-bond donors (Lipinski definition) is 1. The van der Waals surface area contributed by atoms with E-state index in [0.29, 0.717) is 29.3 Å². The third-order valence-corrected chi connectivity index (χ3v) is 3.72. The van der Waals surface area contributed by atoms with E-state index in [4.69, 9.17) is 22.1 Å². The number of amides is 1. The molecule has 1 aliphatic heterocycles. The van der Waals surface area contributed by atoms with Crippen LogP contribution in [0, 0.1) is 11.8 Å². The van der Waals surface area contributed by atoms with Crippen molar-refractivity contribution in [2.24, 2.45) is 5.73 Å². The van der Waals surface area contributed by atoms with Gasteiger partial charge in [0.25, 0.3) is 5.91 Å². The Morgan fingerprint density at radius 2 is 2.29 bits per heavy atom. The maximum atomic E-state index is 12.6. The third kappa shape index (κ3) is 3.76. The molecule has 0 radical (unpaired) electrons. The average Bonchev–Trinajstić information content (AvgIpc) is 2.47. The van der Waals surface area contributed by atoms with E-state index in [9.17, 15) is 4.79 Å². The van der Waals surface area contributed by atoms with Crippen molar-refractivity contribution in [1.29, 1.82) is 0 Å². The lowest BCUT2D eigenvalue weighted by atomic mass is 10.1. The molecule has 2 rings (SSSR count). The Balaban J connectivity index is 2.21. The zero-order valence-electron chi connectivity index (χ0n) is 12.2. The van der Waals surface area contributed by atoms with Crippen LogP contribution in [0.3, 0.4) is 0 Å². The Labute approximate surface area is 130 Å². The van der Waals surface area contributed by atoms with Crippen molar-refractivity contribution >= 4 is 17.5 Å². The molecule has 2 N–H and O–H groups in total. The summed E-state index contributed by atoms with van der Waals surface area (Å²) >= 11 is 6.17. The minimum absolute atomic E-state index is 0.0297. The molecule has 0 saturated carbocycles. The molecule has 21 heavy (non-hydrogen) atoms. The molecule has 2 unspecified atom stereocenters. The quantitative estimate of drug-likeness (QED) is 0.806. The number of hydrogen-bond acceptors (Lipinski definition) is 3. The Morgan fingerprint density at radius 3 is 2.95 bits per heavy atom. The van der Waals surface area contributed by atoms with E-state index in [-0.39, 0.29) is 24.6 Å². The van der Waals surface area contributed by atoms with Crippen molar-refractivity contribution in [2.45, 2.75) is 26.0 Å². The van der Waals surface area contributed by atoms with Crippen molar-refractivity contribution in [3.63, 3.8) is 0 Å². The maximum absolute atomic E-state index is 12.6. The molecule has 1 heterocycles. The highest BCUT2D eigenvalue weighted by Crippen LogP contribution is 2.20. The topological polar surface area (TPSA) is 55.6 Å². The zero-order valence-corrected chi connectivity index (χ0v) is 13.0. The van der Waals surface area contributed by atoms with Gasteiger partial charge in [0, 0.05) is 17.7 Å². The van der Waals surface area contributed by atoms with Crippen LogP contribution in [0.2, 0.25) is 5.02 Å². The van der Waals surface area contributed by atoms with Crippen molar-refractivity contribution in [3.05, 3.63) is 34.3 Å². The molecular formula is C16H19ClN2O2. The van der Waals surface area contributed by atoms with E-state index in [1.807, 2.05) is 18.7 Å². The zero-order chi connectivity index (χ0) is 15.4. The van der Waals surface area contributed by atoms with Crippen LogP contribution in [0.5, 0.6) is 0 Å². The molecule has 1 fully saturated rings. The standard InChI is InChI=1S/C16H19ClN2O2/c1-11-10-21-12(2)9-19(11)16(20)14-6-5-13(4-3-7-18)15(17)8-14/h5-6,8,11-12H,7,9-10,18H2,1-2H3. The fourth-order valence-electron chi connectivity index (χ4n) is 2.25. The van der Waals surface area contributed by atoms with Gasteiger partial charge < -0.3 is 15.4 Å². The van der Waals surface area contributed by atoms with Gasteiger partial charge in [0.15, 0.2) is 0 Å². The summed E-state index contributed by atoms with van der Waals surface area (Å²) in [6.45, 7) is 5.37. The molecule has 0 aliphatic carbocycles. The van der Waals surface area contributed by atoms with E-state index >= 15 is 0 Å². The van der Waals surface area contributed by atoms with Gasteiger partial charge in [-0.15, -0.1) is 0 Å². The normalized spacial score (nSPS) is 21.6. The molecule has 0 aromatic heterocycles. The monoisotopic (exact) mass is 306 g/mol. The van der Waals surface area contributed by atoms with Crippen LogP contribution in [-0.2, 0) is 4.74 Å². The molecular weight excluding hydrogens is 288 g/mol. The van der Waals surface area contributed by atoms with Crippen molar-refractivity contribution < 1.29 is 9.53 Å². The lowest BCUT2D eigenvalue weighted by molar-refractivity contribution is -0.0387. The summed E-state index contributed by atoms with van der Waals surface area (Å²) in [5.41, 5.74) is 6.59. The summed E-state index contributed by atoms with van der Waals surface area (Å²) < 4.78 is 5.54. The molecule has 5 heteroatoms. The molecule has 1 aromatic carbocycles. The smallest absolute Gasteiger partial charge is 0.254 e. The Bertz CT molecular complexity index is 592. The molecule has 1 amide bonds. The van der Waals surface area contributed by atoms with E-state index in [1.54, 1.807) is 18.2 Å². The number of carbonyl (C=O) groups excluding carboxylic acids is 1. The molecule has 4 nitrogen and oxygen atoms in total. The lowest BCUT2D eigenvalue weighted by Gasteiger charge is -2.36. The highest BCUT2D eigenvalue weighted by molar-refractivity contribution is 6.32. The second-order valence-electron chi connectivity index (χ2n) is 5.15. The fourth-order valence-corrected chi connectivity index (χ4v) is 2.48. The Hall–Kier alpha value is -1.54. The van der Waals surface area contributed by atoms with Gasteiger partial charge in [-0.1, -0.05) is 23.4 Å². The van der Waals surface area contributed by atoms with Crippen LogP contribution in [-0.4, -0.2) is 42.6 Å². The van der Waals surface area contributed by atoms with Gasteiger partial charge in [-0.25, -0.2) is 0 Å². The van der Waals surface area contributed by atoms with Crippen LogP contribution in [0.1, 0.15) is 29.8 Å². The molecule has 0 bridgehead atoms. The molecule has 1 saturated heterocycles. The van der Waals surface area contributed by atoms with Crippen molar-refractivity contribution in [2.75, 3.05) is 19.7 Å². The van der Waals surface area contributed by atoms with Crippen LogP contribution < -0.4 is 5.73 Å². The first kappa shape index (κ1) is 15.8. The Kier molecular flexibility index (Phi) is 5.24. The minimum Gasteiger partial charge on any atom is -0.375 e. The average molecular weight is 307 g/mol. The van der Waals surface area contributed by atoms with E-state index in [2.05, 4.69) is 11.8 Å². The molecule has 2 atom stereocenters. The van der Waals surface area contributed by atoms with Gasteiger partial charge in [-0.05, 0) is 32.0 Å². The molecule has 1 aliphatic rings. The fraction of sp³-hybridized carbons (Fsp3) is 0.438. The number of nitrogens with two attached hydrogens (primary N) is 1. The van der Waals surface area contributed by atoms with Gasteiger partial charge in [0.05, 0.1) is 30.3 Å². The second kappa shape index (κ2) is 6.95. The van der Waals surface area contributed by atoms with Crippen LogP contribution in [0.15, 0.2) is 18.2 Å². The van der Waals surface area contributed by atoms with Gasteiger partial charge in [0.2, 0.25) is 0 Å². The highest BCUT2D eigenvalue weighted by atomic mass is 35.5. The SMILES string of the molecule is CC1CN(C(=O)c2ccc(C#CCN)c(Cl)c2)C(C)CO1. The number of morpholine rings is 1. The number of benzene rings is 1. The van der Waals surface area contributed by atoms with Gasteiger partial charge in [0.1, 0.15) is 0 Å². The first-order chi connectivity index (χ1) is 10.0. The first-order valence-corrected chi connectivity index (χ1v) is 7.31. The largest absolute Gasteiger partial charge is 0.375 e. The third-order valence-electron chi connectivity index (χ3n) is 3.41. The van der Waals surface area contributed by atoms with E-state index in [0.717, 1.165) is 0 Å².